The Morgan fingerprint density at radius 2 is 2.00 bits per heavy atom. The van der Waals surface area contributed by atoms with Gasteiger partial charge in [-0.1, -0.05) is 11.6 Å². The Hall–Kier alpha value is -0.0951. The van der Waals surface area contributed by atoms with Crippen LogP contribution in [-0.2, 0) is 0 Å². The van der Waals surface area contributed by atoms with Crippen LogP contribution in [-0.4, -0.2) is 17.2 Å². The fourth-order valence-corrected chi connectivity index (χ4v) is 1.22. The van der Waals surface area contributed by atoms with Crippen molar-refractivity contribution in [1.29, 1.82) is 0 Å². The van der Waals surface area contributed by atoms with Gasteiger partial charge in [0.2, 0.25) is 0 Å². The van der Waals surface area contributed by atoms with Crippen molar-refractivity contribution in [2.45, 2.75) is 0 Å². The first-order chi connectivity index (χ1) is 5.52. The van der Waals surface area contributed by atoms with Crippen molar-refractivity contribution in [1.82, 2.24) is 0 Å². The van der Waals surface area contributed by atoms with Crippen molar-refractivity contribution < 1.29 is 14.4 Å². The number of hydrogen-bond donors (Lipinski definition) is 2. The molecule has 2 N–H and O–H groups in total. The topological polar surface area (TPSA) is 40.5 Å². The van der Waals surface area contributed by atoms with Gasteiger partial charge in [-0.2, -0.15) is 0 Å². The summed E-state index contributed by atoms with van der Waals surface area (Å²) in [5, 5.41) is 17.6. The van der Waals surface area contributed by atoms with Crippen LogP contribution in [0.3, 0.4) is 0 Å². The molecule has 0 unspecified atom stereocenters. The predicted molar refractivity (Wildman–Crippen MR) is 48.9 cm³/mol. The van der Waals surface area contributed by atoms with Crippen molar-refractivity contribution in [3.05, 3.63) is 27.4 Å². The van der Waals surface area contributed by atoms with E-state index >= 15 is 0 Å². The summed E-state index contributed by atoms with van der Waals surface area (Å²) in [6.45, 7) is 0. The van der Waals surface area contributed by atoms with E-state index in [1.165, 1.54) is 0 Å². The zero-order chi connectivity index (χ0) is 9.30. The molecule has 0 bridgehead atoms. The molecule has 6 heteroatoms. The zero-order valence-corrected chi connectivity index (χ0v) is 8.10. The lowest BCUT2D eigenvalue weighted by atomic mass is 9.80. The Kier molecular flexibility index (Phi) is 3.12. The van der Waals surface area contributed by atoms with E-state index in [4.69, 9.17) is 21.6 Å². The molecule has 0 saturated carbocycles. The highest BCUT2D eigenvalue weighted by Gasteiger charge is 2.17. The average molecular weight is 253 g/mol. The second-order valence-electron chi connectivity index (χ2n) is 2.16. The molecule has 0 aliphatic rings. The van der Waals surface area contributed by atoms with Crippen molar-refractivity contribution in [2.24, 2.45) is 0 Å². The monoisotopic (exact) mass is 252 g/mol. The Balaban J connectivity index is 3.23. The molecular formula is C6H4BBrClFO2. The number of rotatable bonds is 1. The van der Waals surface area contributed by atoms with Gasteiger partial charge in [-0.3, -0.25) is 0 Å². The second kappa shape index (κ2) is 3.74. The molecule has 0 aliphatic heterocycles. The van der Waals surface area contributed by atoms with E-state index in [0.29, 0.717) is 4.47 Å². The van der Waals surface area contributed by atoms with E-state index in [9.17, 15) is 4.39 Å². The predicted octanol–water partition coefficient (Wildman–Crippen LogP) is 0.921. The minimum atomic E-state index is -1.84. The van der Waals surface area contributed by atoms with E-state index in [2.05, 4.69) is 15.9 Å². The molecule has 1 aromatic rings. The van der Waals surface area contributed by atoms with Gasteiger partial charge in [-0.25, -0.2) is 4.39 Å². The first kappa shape index (κ1) is 9.99. The number of halogens is 3. The maximum Gasteiger partial charge on any atom is 0.491 e. The van der Waals surface area contributed by atoms with Gasteiger partial charge in [-0.15, -0.1) is 0 Å². The van der Waals surface area contributed by atoms with Crippen LogP contribution in [0.2, 0.25) is 5.02 Å². The molecule has 1 aromatic carbocycles. The number of benzene rings is 1. The van der Waals surface area contributed by atoms with Gasteiger partial charge >= 0.3 is 7.12 Å². The van der Waals surface area contributed by atoms with Crippen LogP contribution in [0.25, 0.3) is 0 Å². The van der Waals surface area contributed by atoms with Gasteiger partial charge in [0.25, 0.3) is 0 Å². The Morgan fingerprint density at radius 3 is 2.50 bits per heavy atom. The third-order valence-electron chi connectivity index (χ3n) is 1.32. The molecule has 2 nitrogen and oxygen atoms in total. The van der Waals surface area contributed by atoms with Crippen LogP contribution in [0.1, 0.15) is 0 Å². The summed E-state index contributed by atoms with van der Waals surface area (Å²) in [5.74, 6) is -0.707. The summed E-state index contributed by atoms with van der Waals surface area (Å²) in [4.78, 5) is 0. The first-order valence-electron chi connectivity index (χ1n) is 3.03. The third-order valence-corrected chi connectivity index (χ3v) is 2.51. The molecule has 0 spiro atoms. The molecule has 0 fully saturated rings. The molecule has 0 aliphatic carbocycles. The van der Waals surface area contributed by atoms with Gasteiger partial charge in [0.1, 0.15) is 5.82 Å². The number of hydrogen-bond acceptors (Lipinski definition) is 2. The molecule has 64 valence electrons. The molecule has 0 radical (unpaired) electrons. The van der Waals surface area contributed by atoms with E-state index in [1.54, 1.807) is 0 Å². The first-order valence-corrected chi connectivity index (χ1v) is 4.20. The van der Waals surface area contributed by atoms with E-state index in [0.717, 1.165) is 12.1 Å². The van der Waals surface area contributed by atoms with Crippen LogP contribution in [0.5, 0.6) is 0 Å². The maximum absolute atomic E-state index is 12.9. The Morgan fingerprint density at radius 1 is 1.42 bits per heavy atom. The summed E-state index contributed by atoms with van der Waals surface area (Å²) in [6.07, 6.45) is 0. The normalized spacial score (nSPS) is 10.1. The van der Waals surface area contributed by atoms with E-state index in [-0.39, 0.29) is 10.5 Å². The van der Waals surface area contributed by atoms with Crippen molar-refractivity contribution in [3.63, 3.8) is 0 Å². The van der Waals surface area contributed by atoms with Gasteiger partial charge in [0.05, 0.1) is 5.02 Å². The van der Waals surface area contributed by atoms with Gasteiger partial charge in [0, 0.05) is 9.94 Å². The highest BCUT2D eigenvalue weighted by atomic mass is 79.9. The van der Waals surface area contributed by atoms with Crippen LogP contribution >= 0.6 is 27.5 Å². The fourth-order valence-electron chi connectivity index (χ4n) is 0.736. The van der Waals surface area contributed by atoms with Gasteiger partial charge in [0.15, 0.2) is 0 Å². The van der Waals surface area contributed by atoms with Gasteiger partial charge < -0.3 is 10.0 Å². The molecular weight excluding hydrogens is 249 g/mol. The lowest BCUT2D eigenvalue weighted by Gasteiger charge is -2.03. The molecule has 0 saturated heterocycles. The van der Waals surface area contributed by atoms with Crippen molar-refractivity contribution in [2.75, 3.05) is 0 Å². The minimum Gasteiger partial charge on any atom is -0.423 e. The van der Waals surface area contributed by atoms with Gasteiger partial charge in [-0.05, 0) is 28.1 Å². The lowest BCUT2D eigenvalue weighted by molar-refractivity contribution is 0.423. The van der Waals surface area contributed by atoms with Crippen molar-refractivity contribution in [3.8, 4) is 0 Å². The van der Waals surface area contributed by atoms with Crippen LogP contribution in [0.4, 0.5) is 4.39 Å². The molecule has 0 amide bonds. The largest absolute Gasteiger partial charge is 0.491 e. The Labute approximate surface area is 82.2 Å². The summed E-state index contributed by atoms with van der Waals surface area (Å²) < 4.78 is 13.3. The maximum atomic E-state index is 12.9. The highest BCUT2D eigenvalue weighted by Crippen LogP contribution is 2.21. The molecule has 0 atom stereocenters. The van der Waals surface area contributed by atoms with E-state index < -0.39 is 12.9 Å². The summed E-state index contributed by atoms with van der Waals surface area (Å²) >= 11 is 8.59. The molecule has 0 heterocycles. The average Bonchev–Trinajstić information content (AvgIpc) is 1.96. The van der Waals surface area contributed by atoms with E-state index in [1.807, 2.05) is 0 Å². The molecule has 0 aromatic heterocycles. The summed E-state index contributed by atoms with van der Waals surface area (Å²) in [7, 11) is -1.84. The quantitative estimate of drug-likeness (QED) is 0.577. The standard InChI is InChI=1S/C6H4BBrClFO2/c8-4-2-6(10)3(7(11)12)1-5(4)9/h1-2,11-12H. The highest BCUT2D eigenvalue weighted by molar-refractivity contribution is 9.10. The third kappa shape index (κ3) is 1.98. The van der Waals surface area contributed by atoms with Crippen LogP contribution < -0.4 is 5.46 Å². The van der Waals surface area contributed by atoms with Crippen molar-refractivity contribution >= 4 is 40.1 Å². The smallest absolute Gasteiger partial charge is 0.423 e. The molecule has 12 heavy (non-hydrogen) atoms. The SMILES string of the molecule is OB(O)c1cc(Cl)c(Br)cc1F. The zero-order valence-electron chi connectivity index (χ0n) is 5.76. The lowest BCUT2D eigenvalue weighted by Crippen LogP contribution is -2.32. The Bertz CT molecular complexity index is 308. The fraction of sp³-hybridized carbons (Fsp3) is 0. The minimum absolute atomic E-state index is 0.233. The van der Waals surface area contributed by atoms with Crippen LogP contribution in [0, 0.1) is 5.82 Å². The summed E-state index contributed by atoms with van der Waals surface area (Å²) in [6, 6.07) is 2.24. The van der Waals surface area contributed by atoms with Crippen LogP contribution in [0.15, 0.2) is 16.6 Å². The molecule has 1 rings (SSSR count). The summed E-state index contributed by atoms with van der Waals surface area (Å²) in [5.41, 5.74) is -0.233. The second-order valence-corrected chi connectivity index (χ2v) is 3.42.